The van der Waals surface area contributed by atoms with Crippen LogP contribution in [-0.4, -0.2) is 29.3 Å². The second-order valence-corrected chi connectivity index (χ2v) is 11.5. The predicted octanol–water partition coefficient (Wildman–Crippen LogP) is 5.28. The molecule has 0 heterocycles. The maximum absolute atomic E-state index is 13.9. The summed E-state index contributed by atoms with van der Waals surface area (Å²) in [5.41, 5.74) is -0.504. The molecule has 0 saturated carbocycles. The van der Waals surface area contributed by atoms with E-state index in [-0.39, 0.29) is 46.0 Å². The molecule has 2 aliphatic carbocycles. The van der Waals surface area contributed by atoms with Gasteiger partial charge in [0.15, 0.2) is 23.1 Å². The number of benzene rings is 2. The highest BCUT2D eigenvalue weighted by Gasteiger charge is 2.42. The molecule has 0 spiro atoms. The Morgan fingerprint density at radius 1 is 0.730 bits per heavy atom. The van der Waals surface area contributed by atoms with Crippen LogP contribution < -0.4 is 9.47 Å². The standard InChI is InChI=1S/C30H30O7/c1-15(31)16-12-13-19-20(14-16)26(37-28(35)30(5,6)7)22-21(25(19)36-27(34)29(2,3)4)23(32)17-10-8-9-11-18(17)24(22)33/h8-11,14H,12-13H2,1-7H3. The highest BCUT2D eigenvalue weighted by Crippen LogP contribution is 2.48. The van der Waals surface area contributed by atoms with Crippen molar-refractivity contribution in [3.8, 4) is 11.5 Å². The van der Waals surface area contributed by atoms with E-state index in [1.807, 2.05) is 0 Å². The second-order valence-electron chi connectivity index (χ2n) is 11.5. The molecule has 4 rings (SSSR count). The summed E-state index contributed by atoms with van der Waals surface area (Å²) in [5, 5.41) is 0. The van der Waals surface area contributed by atoms with Crippen LogP contribution >= 0.6 is 0 Å². The van der Waals surface area contributed by atoms with E-state index in [9.17, 15) is 24.0 Å². The summed E-state index contributed by atoms with van der Waals surface area (Å²) in [5.74, 6) is -2.51. The van der Waals surface area contributed by atoms with Gasteiger partial charge in [0.2, 0.25) is 0 Å². The van der Waals surface area contributed by atoms with E-state index in [0.717, 1.165) is 0 Å². The van der Waals surface area contributed by atoms with Crippen LogP contribution in [-0.2, 0) is 20.8 Å². The maximum Gasteiger partial charge on any atom is 0.316 e. The fraction of sp³-hybridized carbons (Fsp3) is 0.367. The smallest absolute Gasteiger partial charge is 0.316 e. The number of allylic oxidation sites excluding steroid dienone is 1. The fourth-order valence-corrected chi connectivity index (χ4v) is 4.25. The van der Waals surface area contributed by atoms with Crippen molar-refractivity contribution in [2.24, 2.45) is 10.8 Å². The van der Waals surface area contributed by atoms with Crippen LogP contribution in [0.1, 0.15) is 97.9 Å². The first-order chi connectivity index (χ1) is 17.1. The number of ketones is 3. The number of Topliss-reactive ketones (excluding diaryl/α,β-unsaturated/α-hetero) is 1. The van der Waals surface area contributed by atoms with Gasteiger partial charge >= 0.3 is 11.9 Å². The van der Waals surface area contributed by atoms with Crippen molar-refractivity contribution in [1.29, 1.82) is 0 Å². The van der Waals surface area contributed by atoms with Gasteiger partial charge in [-0.2, -0.15) is 0 Å². The minimum absolute atomic E-state index is 0.0211. The van der Waals surface area contributed by atoms with Gasteiger partial charge < -0.3 is 9.47 Å². The third kappa shape index (κ3) is 4.54. The quantitative estimate of drug-likeness (QED) is 0.354. The summed E-state index contributed by atoms with van der Waals surface area (Å²) in [7, 11) is 0. The third-order valence-electron chi connectivity index (χ3n) is 6.45. The monoisotopic (exact) mass is 502 g/mol. The van der Waals surface area contributed by atoms with Crippen LogP contribution in [0.3, 0.4) is 0 Å². The Kier molecular flexibility index (Phi) is 6.31. The molecule has 0 saturated heterocycles. The number of fused-ring (bicyclic) bond motifs is 3. The lowest BCUT2D eigenvalue weighted by atomic mass is 9.78. The number of carbonyl (C=O) groups is 5. The van der Waals surface area contributed by atoms with E-state index in [2.05, 4.69) is 0 Å². The zero-order chi connectivity index (χ0) is 27.4. The first kappa shape index (κ1) is 26.2. The van der Waals surface area contributed by atoms with Crippen molar-refractivity contribution in [1.82, 2.24) is 0 Å². The Morgan fingerprint density at radius 3 is 1.65 bits per heavy atom. The largest absolute Gasteiger partial charge is 0.425 e. The Labute approximate surface area is 215 Å². The predicted molar refractivity (Wildman–Crippen MR) is 137 cm³/mol. The summed E-state index contributed by atoms with van der Waals surface area (Å²) >= 11 is 0. The van der Waals surface area contributed by atoms with Gasteiger partial charge in [0, 0.05) is 22.3 Å². The second kappa shape index (κ2) is 8.91. The molecule has 0 N–H and O–H groups in total. The van der Waals surface area contributed by atoms with E-state index < -0.39 is 34.3 Å². The fourth-order valence-electron chi connectivity index (χ4n) is 4.25. The Bertz CT molecular complexity index is 1430. The van der Waals surface area contributed by atoms with Crippen molar-refractivity contribution in [2.45, 2.75) is 61.3 Å². The van der Waals surface area contributed by atoms with E-state index in [0.29, 0.717) is 23.1 Å². The number of carbonyl (C=O) groups excluding carboxylic acids is 5. The van der Waals surface area contributed by atoms with Crippen molar-refractivity contribution in [2.75, 3.05) is 0 Å². The summed E-state index contributed by atoms with van der Waals surface area (Å²) < 4.78 is 11.7. The average molecular weight is 503 g/mol. The number of hydrogen-bond donors (Lipinski definition) is 0. The summed E-state index contributed by atoms with van der Waals surface area (Å²) in [6.45, 7) is 11.5. The topological polar surface area (TPSA) is 104 Å². The molecular formula is C30H30O7. The van der Waals surface area contributed by atoms with E-state index in [4.69, 9.17) is 9.47 Å². The number of ether oxygens (including phenoxy) is 2. The Morgan fingerprint density at radius 2 is 1.19 bits per heavy atom. The lowest BCUT2D eigenvalue weighted by Gasteiger charge is -2.30. The average Bonchev–Trinajstić information content (AvgIpc) is 2.81. The van der Waals surface area contributed by atoms with Crippen molar-refractivity contribution in [3.63, 3.8) is 0 Å². The minimum Gasteiger partial charge on any atom is -0.425 e. The molecular weight excluding hydrogens is 472 g/mol. The van der Waals surface area contributed by atoms with Gasteiger partial charge in [-0.05, 0) is 73.0 Å². The van der Waals surface area contributed by atoms with Crippen LogP contribution in [0.2, 0.25) is 0 Å². The van der Waals surface area contributed by atoms with E-state index >= 15 is 0 Å². The van der Waals surface area contributed by atoms with Gasteiger partial charge in [0.1, 0.15) is 5.75 Å². The van der Waals surface area contributed by atoms with Crippen LogP contribution in [0.4, 0.5) is 0 Å². The molecule has 0 aromatic heterocycles. The molecule has 0 bridgehead atoms. The highest BCUT2D eigenvalue weighted by atomic mass is 16.5. The first-order valence-corrected chi connectivity index (χ1v) is 12.2. The third-order valence-corrected chi connectivity index (χ3v) is 6.45. The zero-order valence-corrected chi connectivity index (χ0v) is 22.2. The van der Waals surface area contributed by atoms with Gasteiger partial charge in [0.05, 0.1) is 22.0 Å². The van der Waals surface area contributed by atoms with Gasteiger partial charge in [0.25, 0.3) is 0 Å². The number of esters is 2. The SMILES string of the molecule is CC(=O)C1=Cc2c(c(OC(=O)C(C)(C)C)c3c(c2OC(=O)C(C)(C)C)C(=O)c2ccccc2C3=O)CC1. The maximum atomic E-state index is 13.9. The normalized spacial score (nSPS) is 14.7. The van der Waals surface area contributed by atoms with Crippen LogP contribution in [0, 0.1) is 10.8 Å². The van der Waals surface area contributed by atoms with Crippen molar-refractivity contribution >= 4 is 35.4 Å². The van der Waals surface area contributed by atoms with Crippen LogP contribution in [0.5, 0.6) is 11.5 Å². The zero-order valence-electron chi connectivity index (χ0n) is 22.2. The highest BCUT2D eigenvalue weighted by molar-refractivity contribution is 6.31. The number of hydrogen-bond acceptors (Lipinski definition) is 7. The van der Waals surface area contributed by atoms with Gasteiger partial charge in [-0.15, -0.1) is 0 Å². The van der Waals surface area contributed by atoms with E-state index in [1.165, 1.54) is 13.0 Å². The van der Waals surface area contributed by atoms with Crippen molar-refractivity contribution in [3.05, 3.63) is 63.2 Å². The molecule has 0 amide bonds. The molecule has 0 radical (unpaired) electrons. The molecule has 0 aliphatic heterocycles. The molecule has 37 heavy (non-hydrogen) atoms. The first-order valence-electron chi connectivity index (χ1n) is 12.2. The molecule has 2 aliphatic rings. The molecule has 2 aromatic rings. The molecule has 0 unspecified atom stereocenters. The lowest BCUT2D eigenvalue weighted by molar-refractivity contribution is -0.144. The molecule has 0 fully saturated rings. The summed E-state index contributed by atoms with van der Waals surface area (Å²) in [6, 6.07) is 6.37. The van der Waals surface area contributed by atoms with Gasteiger partial charge in [-0.25, -0.2) is 0 Å². The molecule has 2 aromatic carbocycles. The Balaban J connectivity index is 2.12. The van der Waals surface area contributed by atoms with E-state index in [1.54, 1.807) is 65.8 Å². The van der Waals surface area contributed by atoms with Crippen LogP contribution in [0.25, 0.3) is 6.08 Å². The molecule has 192 valence electrons. The Hall–Kier alpha value is -3.87. The number of rotatable bonds is 3. The lowest BCUT2D eigenvalue weighted by Crippen LogP contribution is -2.32. The van der Waals surface area contributed by atoms with Crippen LogP contribution in [0.15, 0.2) is 29.8 Å². The minimum atomic E-state index is -0.918. The molecule has 7 nitrogen and oxygen atoms in total. The summed E-state index contributed by atoms with van der Waals surface area (Å²) in [4.78, 5) is 66.1. The van der Waals surface area contributed by atoms with Crippen molar-refractivity contribution < 1.29 is 33.4 Å². The molecule has 0 atom stereocenters. The van der Waals surface area contributed by atoms with Gasteiger partial charge in [-0.1, -0.05) is 24.3 Å². The summed E-state index contributed by atoms with van der Waals surface area (Å²) in [6.07, 6.45) is 2.16. The van der Waals surface area contributed by atoms with Gasteiger partial charge in [-0.3, -0.25) is 24.0 Å². The molecule has 7 heteroatoms.